The third-order valence-corrected chi connectivity index (χ3v) is 5.69. The van der Waals surface area contributed by atoms with Crippen molar-refractivity contribution in [2.45, 2.75) is 51.9 Å². The molecule has 1 saturated heterocycles. The van der Waals surface area contributed by atoms with Crippen molar-refractivity contribution >= 4 is 17.4 Å². The van der Waals surface area contributed by atoms with Gasteiger partial charge in [0.15, 0.2) is 17.3 Å². The number of hydrogen-bond donors (Lipinski definition) is 1. The molecule has 1 amide bonds. The van der Waals surface area contributed by atoms with Crippen molar-refractivity contribution < 1.29 is 36.6 Å². The Morgan fingerprint density at radius 3 is 2.53 bits per heavy atom. The molecule has 0 unspecified atom stereocenters. The SMILES string of the molecule is CC(=O)c1cc(NC(=O)[C@@H]2OC(C)(C)[C@@H](C)[C@@H]2c2ccc(F)c(F)c2OC(F)F)ccn1. The fourth-order valence-corrected chi connectivity index (χ4v) is 3.78. The molecule has 1 aromatic carbocycles. The summed E-state index contributed by atoms with van der Waals surface area (Å²) < 4.78 is 64.2. The molecule has 2 aromatic rings. The first-order valence-electron chi connectivity index (χ1n) is 9.80. The van der Waals surface area contributed by atoms with Crippen molar-refractivity contribution in [3.05, 3.63) is 53.4 Å². The monoisotopic (exact) mass is 454 g/mol. The first kappa shape index (κ1) is 23.6. The molecule has 0 aliphatic carbocycles. The zero-order valence-corrected chi connectivity index (χ0v) is 17.8. The van der Waals surface area contributed by atoms with Crippen molar-refractivity contribution in [3.63, 3.8) is 0 Å². The summed E-state index contributed by atoms with van der Waals surface area (Å²) in [5, 5.41) is 2.61. The molecule has 3 atom stereocenters. The second kappa shape index (κ2) is 8.85. The van der Waals surface area contributed by atoms with Crippen LogP contribution in [0.1, 0.15) is 49.7 Å². The largest absolute Gasteiger partial charge is 0.431 e. The van der Waals surface area contributed by atoms with Gasteiger partial charge in [0.25, 0.3) is 5.91 Å². The van der Waals surface area contributed by atoms with Crippen LogP contribution in [-0.4, -0.2) is 35.0 Å². The molecule has 6 nitrogen and oxygen atoms in total. The van der Waals surface area contributed by atoms with Gasteiger partial charge in [-0.1, -0.05) is 13.0 Å². The van der Waals surface area contributed by atoms with Crippen molar-refractivity contribution in [1.82, 2.24) is 4.98 Å². The molecule has 10 heteroatoms. The van der Waals surface area contributed by atoms with Gasteiger partial charge in [-0.3, -0.25) is 14.6 Å². The molecule has 1 aromatic heterocycles. The number of aromatic nitrogens is 1. The number of carbonyl (C=O) groups is 2. The predicted octanol–water partition coefficient (Wildman–Crippen LogP) is 4.70. The molecule has 1 fully saturated rings. The van der Waals surface area contributed by atoms with Gasteiger partial charge in [0.2, 0.25) is 5.82 Å². The van der Waals surface area contributed by atoms with E-state index in [2.05, 4.69) is 15.0 Å². The van der Waals surface area contributed by atoms with E-state index in [4.69, 9.17) is 4.74 Å². The lowest BCUT2D eigenvalue weighted by molar-refractivity contribution is -0.131. The molecule has 3 rings (SSSR count). The van der Waals surface area contributed by atoms with Gasteiger partial charge in [-0.2, -0.15) is 13.2 Å². The predicted molar refractivity (Wildman–Crippen MR) is 107 cm³/mol. The summed E-state index contributed by atoms with van der Waals surface area (Å²) in [6.45, 7) is 3.04. The van der Waals surface area contributed by atoms with E-state index in [-0.39, 0.29) is 22.7 Å². The number of nitrogens with one attached hydrogen (secondary N) is 1. The summed E-state index contributed by atoms with van der Waals surface area (Å²) in [6, 6.07) is 4.74. The second-order valence-corrected chi connectivity index (χ2v) is 8.09. The van der Waals surface area contributed by atoms with Crippen LogP contribution >= 0.6 is 0 Å². The Bertz CT molecular complexity index is 1040. The Labute approximate surface area is 181 Å². The summed E-state index contributed by atoms with van der Waals surface area (Å²) >= 11 is 0. The maximum atomic E-state index is 14.4. The Morgan fingerprint density at radius 2 is 1.91 bits per heavy atom. The van der Waals surface area contributed by atoms with Crippen LogP contribution in [0, 0.1) is 17.6 Å². The average molecular weight is 454 g/mol. The average Bonchev–Trinajstić information content (AvgIpc) is 2.95. The number of ketones is 1. The molecule has 0 saturated carbocycles. The lowest BCUT2D eigenvalue weighted by Gasteiger charge is -2.26. The Hall–Kier alpha value is -3.01. The van der Waals surface area contributed by atoms with Crippen molar-refractivity contribution in [3.8, 4) is 5.75 Å². The van der Waals surface area contributed by atoms with Crippen molar-refractivity contribution in [2.24, 2.45) is 5.92 Å². The van der Waals surface area contributed by atoms with Gasteiger partial charge in [0.05, 0.1) is 5.60 Å². The van der Waals surface area contributed by atoms with E-state index in [9.17, 15) is 27.2 Å². The standard InChI is InChI=1S/C22H22F4N2O4/c1-10-16(13-5-6-14(23)17(24)18(13)31-21(25)26)19(32-22(10,3)4)20(30)28-12-7-8-27-15(9-12)11(2)29/h5-10,16,19,21H,1-4H3,(H,27,28,30)/t10-,16+,19+/m0/s1. The van der Waals surface area contributed by atoms with Gasteiger partial charge in [-0.15, -0.1) is 0 Å². The highest BCUT2D eigenvalue weighted by Crippen LogP contribution is 2.49. The van der Waals surface area contributed by atoms with E-state index in [1.54, 1.807) is 20.8 Å². The first-order chi connectivity index (χ1) is 14.9. The third-order valence-electron chi connectivity index (χ3n) is 5.69. The molecule has 2 heterocycles. The number of anilines is 1. The highest BCUT2D eigenvalue weighted by molar-refractivity contribution is 5.97. The number of benzene rings is 1. The fourth-order valence-electron chi connectivity index (χ4n) is 3.78. The summed E-state index contributed by atoms with van der Waals surface area (Å²) in [5.41, 5.74) is -0.609. The summed E-state index contributed by atoms with van der Waals surface area (Å²) in [5.74, 6) is -6.23. The van der Waals surface area contributed by atoms with Crippen LogP contribution in [0.4, 0.5) is 23.2 Å². The lowest BCUT2D eigenvalue weighted by Crippen LogP contribution is -2.33. The highest BCUT2D eigenvalue weighted by atomic mass is 19.3. The number of Topliss-reactive ketones (excluding diaryl/α,β-unsaturated/α-hetero) is 1. The number of alkyl halides is 2. The van der Waals surface area contributed by atoms with E-state index in [1.807, 2.05) is 0 Å². The van der Waals surface area contributed by atoms with Gasteiger partial charge in [-0.25, -0.2) is 4.39 Å². The van der Waals surface area contributed by atoms with E-state index in [0.717, 1.165) is 12.1 Å². The number of ether oxygens (including phenoxy) is 2. The van der Waals surface area contributed by atoms with Gasteiger partial charge in [-0.05, 0) is 38.0 Å². The van der Waals surface area contributed by atoms with E-state index in [0.29, 0.717) is 0 Å². The molecule has 0 radical (unpaired) electrons. The van der Waals surface area contributed by atoms with Gasteiger partial charge in [0.1, 0.15) is 11.8 Å². The minimum atomic E-state index is -3.40. The Morgan fingerprint density at radius 1 is 1.22 bits per heavy atom. The number of rotatable bonds is 6. The number of amides is 1. The van der Waals surface area contributed by atoms with Crippen LogP contribution in [0.3, 0.4) is 0 Å². The molecule has 1 N–H and O–H groups in total. The third kappa shape index (κ3) is 4.59. The zero-order chi connectivity index (χ0) is 23.8. The number of nitrogens with zero attached hydrogens (tertiary/aromatic N) is 1. The highest BCUT2D eigenvalue weighted by Gasteiger charge is 2.51. The smallest absolute Gasteiger partial charge is 0.387 e. The number of carbonyl (C=O) groups excluding carboxylic acids is 2. The van der Waals surface area contributed by atoms with E-state index in [1.165, 1.54) is 25.3 Å². The molecule has 32 heavy (non-hydrogen) atoms. The van der Waals surface area contributed by atoms with Crippen LogP contribution in [0.2, 0.25) is 0 Å². The number of halogens is 4. The molecule has 172 valence electrons. The van der Waals surface area contributed by atoms with Gasteiger partial charge in [0, 0.05) is 30.3 Å². The Balaban J connectivity index is 2.01. The van der Waals surface area contributed by atoms with Gasteiger partial charge < -0.3 is 14.8 Å². The second-order valence-electron chi connectivity index (χ2n) is 8.09. The molecule has 0 bridgehead atoms. The normalized spacial score (nSPS) is 22.1. The van der Waals surface area contributed by atoms with Crippen LogP contribution in [0.15, 0.2) is 30.5 Å². The van der Waals surface area contributed by atoms with Crippen LogP contribution in [0.5, 0.6) is 5.75 Å². The van der Waals surface area contributed by atoms with E-state index >= 15 is 0 Å². The maximum absolute atomic E-state index is 14.4. The number of pyridine rings is 1. The zero-order valence-electron chi connectivity index (χ0n) is 17.8. The molecular formula is C22H22F4N2O4. The summed E-state index contributed by atoms with van der Waals surface area (Å²) in [7, 11) is 0. The van der Waals surface area contributed by atoms with Crippen LogP contribution < -0.4 is 10.1 Å². The topological polar surface area (TPSA) is 77.5 Å². The lowest BCUT2D eigenvalue weighted by atomic mass is 9.78. The summed E-state index contributed by atoms with van der Waals surface area (Å²) in [6.07, 6.45) is 0.106. The maximum Gasteiger partial charge on any atom is 0.387 e. The minimum absolute atomic E-state index is 0.110. The molecular weight excluding hydrogens is 432 g/mol. The van der Waals surface area contributed by atoms with Crippen LogP contribution in [-0.2, 0) is 9.53 Å². The van der Waals surface area contributed by atoms with Gasteiger partial charge >= 0.3 is 6.61 Å². The minimum Gasteiger partial charge on any atom is -0.431 e. The Kier molecular flexibility index (Phi) is 6.54. The quantitative estimate of drug-likeness (QED) is 0.506. The van der Waals surface area contributed by atoms with Crippen molar-refractivity contribution in [2.75, 3.05) is 5.32 Å². The fraction of sp³-hybridized carbons (Fsp3) is 0.409. The summed E-state index contributed by atoms with van der Waals surface area (Å²) in [4.78, 5) is 28.6. The first-order valence-corrected chi connectivity index (χ1v) is 9.80. The molecule has 1 aliphatic heterocycles. The van der Waals surface area contributed by atoms with Crippen LogP contribution in [0.25, 0.3) is 0 Å². The van der Waals surface area contributed by atoms with Crippen molar-refractivity contribution in [1.29, 1.82) is 0 Å². The van der Waals surface area contributed by atoms with E-state index < -0.39 is 53.4 Å². The molecule has 0 spiro atoms. The molecule has 1 aliphatic rings. The number of hydrogen-bond acceptors (Lipinski definition) is 5.